The minimum Gasteiger partial charge on any atom is -0.378 e. The van der Waals surface area contributed by atoms with E-state index < -0.39 is 0 Å². The maximum atomic E-state index is 13.2. The smallest absolute Gasteiger partial charge is 0.238 e. The first-order valence-corrected chi connectivity index (χ1v) is 8.96. The van der Waals surface area contributed by atoms with Crippen LogP contribution in [0.25, 0.3) is 0 Å². The molecule has 1 aromatic rings. The lowest BCUT2D eigenvalue weighted by molar-refractivity contribution is -0.137. The lowest BCUT2D eigenvalue weighted by Gasteiger charge is -2.35. The molecule has 142 valence electrons. The van der Waals surface area contributed by atoms with Gasteiger partial charge in [-0.05, 0) is 18.2 Å². The molecule has 2 aliphatic rings. The lowest BCUT2D eigenvalue weighted by atomic mass is 10.2. The summed E-state index contributed by atoms with van der Waals surface area (Å²) in [5.74, 6) is -0.389. The monoisotopic (exact) mass is 364 g/mol. The Hall–Kier alpha value is -2.03. The molecule has 2 amide bonds. The molecule has 0 aromatic heterocycles. The Morgan fingerprint density at radius 2 is 1.65 bits per heavy atom. The average molecular weight is 364 g/mol. The van der Waals surface area contributed by atoms with Crippen molar-refractivity contribution in [3.8, 4) is 0 Å². The van der Waals surface area contributed by atoms with Crippen LogP contribution in [0.15, 0.2) is 24.3 Å². The molecule has 2 fully saturated rings. The number of hydrogen-bond donors (Lipinski definition) is 1. The fraction of sp³-hybridized carbons (Fsp3) is 0.556. The number of hydrogen-bond acceptors (Lipinski definition) is 5. The number of rotatable bonds is 5. The Labute approximate surface area is 152 Å². The normalized spacial score (nSPS) is 19.3. The van der Waals surface area contributed by atoms with E-state index in [2.05, 4.69) is 10.2 Å². The van der Waals surface area contributed by atoms with Gasteiger partial charge in [-0.25, -0.2) is 4.39 Å². The van der Waals surface area contributed by atoms with Gasteiger partial charge in [0.25, 0.3) is 0 Å². The van der Waals surface area contributed by atoms with Crippen molar-refractivity contribution < 1.29 is 18.7 Å². The van der Waals surface area contributed by atoms with Gasteiger partial charge < -0.3 is 15.0 Å². The minimum absolute atomic E-state index is 0.144. The molecule has 8 heteroatoms. The second-order valence-electron chi connectivity index (χ2n) is 6.60. The van der Waals surface area contributed by atoms with Crippen LogP contribution in [0.5, 0.6) is 0 Å². The van der Waals surface area contributed by atoms with Crippen molar-refractivity contribution in [1.29, 1.82) is 0 Å². The average Bonchev–Trinajstić information content (AvgIpc) is 2.64. The van der Waals surface area contributed by atoms with Crippen LogP contribution in [-0.4, -0.2) is 92.1 Å². The first-order valence-electron chi connectivity index (χ1n) is 8.96. The topological polar surface area (TPSA) is 65.1 Å². The standard InChI is InChI=1S/C18H25FN4O3/c19-15-2-1-3-16(12-15)20-17(24)13-21-4-6-22(7-5-21)14-18(25)23-8-10-26-11-9-23/h1-3,12H,4-11,13-14H2,(H,20,24). The highest BCUT2D eigenvalue weighted by Gasteiger charge is 2.23. The number of ether oxygens (including phenoxy) is 1. The Morgan fingerprint density at radius 1 is 1.00 bits per heavy atom. The molecular formula is C18H25FN4O3. The molecule has 0 aliphatic carbocycles. The fourth-order valence-electron chi connectivity index (χ4n) is 3.18. The van der Waals surface area contributed by atoms with Crippen molar-refractivity contribution in [2.45, 2.75) is 0 Å². The number of piperazine rings is 1. The third kappa shape index (κ3) is 5.48. The molecule has 0 bridgehead atoms. The first-order chi connectivity index (χ1) is 12.6. The van der Waals surface area contributed by atoms with E-state index >= 15 is 0 Å². The van der Waals surface area contributed by atoms with Crippen molar-refractivity contribution in [2.24, 2.45) is 0 Å². The van der Waals surface area contributed by atoms with Gasteiger partial charge in [-0.3, -0.25) is 19.4 Å². The van der Waals surface area contributed by atoms with Gasteiger partial charge in [0.15, 0.2) is 0 Å². The molecule has 2 saturated heterocycles. The quantitative estimate of drug-likeness (QED) is 0.811. The third-order valence-electron chi connectivity index (χ3n) is 4.66. The van der Waals surface area contributed by atoms with Crippen molar-refractivity contribution in [3.05, 3.63) is 30.1 Å². The summed E-state index contributed by atoms with van der Waals surface area (Å²) in [6, 6.07) is 5.87. The summed E-state index contributed by atoms with van der Waals surface area (Å²) in [6.07, 6.45) is 0. The summed E-state index contributed by atoms with van der Waals surface area (Å²) >= 11 is 0. The molecule has 0 spiro atoms. The van der Waals surface area contributed by atoms with E-state index in [9.17, 15) is 14.0 Å². The maximum absolute atomic E-state index is 13.2. The largest absolute Gasteiger partial charge is 0.378 e. The van der Waals surface area contributed by atoms with Crippen LogP contribution in [0.4, 0.5) is 10.1 Å². The Balaban J connectivity index is 1.38. The Kier molecular flexibility index (Phi) is 6.54. The highest BCUT2D eigenvalue weighted by Crippen LogP contribution is 2.10. The zero-order valence-corrected chi connectivity index (χ0v) is 14.8. The van der Waals surface area contributed by atoms with Gasteiger partial charge in [-0.15, -0.1) is 0 Å². The summed E-state index contributed by atoms with van der Waals surface area (Å²) in [6.45, 7) is 6.20. The minimum atomic E-state index is -0.374. The number of benzene rings is 1. The molecule has 2 heterocycles. The van der Waals surface area contributed by atoms with Crippen LogP contribution in [-0.2, 0) is 14.3 Å². The Bertz CT molecular complexity index is 629. The number of anilines is 1. The summed E-state index contributed by atoms with van der Waals surface area (Å²) < 4.78 is 18.4. The summed E-state index contributed by atoms with van der Waals surface area (Å²) in [7, 11) is 0. The Morgan fingerprint density at radius 3 is 2.31 bits per heavy atom. The van der Waals surface area contributed by atoms with E-state index in [0.29, 0.717) is 38.5 Å². The number of carbonyl (C=O) groups excluding carboxylic acids is 2. The van der Waals surface area contributed by atoms with Crippen LogP contribution in [0, 0.1) is 5.82 Å². The van der Waals surface area contributed by atoms with Crippen LogP contribution in [0.1, 0.15) is 0 Å². The van der Waals surface area contributed by atoms with E-state index in [0.717, 1.165) is 26.2 Å². The maximum Gasteiger partial charge on any atom is 0.238 e. The van der Waals surface area contributed by atoms with Crippen molar-refractivity contribution in [2.75, 3.05) is 70.9 Å². The molecule has 1 aromatic carbocycles. The summed E-state index contributed by atoms with van der Waals surface area (Å²) in [4.78, 5) is 30.4. The molecule has 2 aliphatic heterocycles. The summed E-state index contributed by atoms with van der Waals surface area (Å²) in [5, 5.41) is 2.71. The predicted molar refractivity (Wildman–Crippen MR) is 95.3 cm³/mol. The third-order valence-corrected chi connectivity index (χ3v) is 4.66. The van der Waals surface area contributed by atoms with Gasteiger partial charge in [0.1, 0.15) is 5.82 Å². The molecule has 0 atom stereocenters. The van der Waals surface area contributed by atoms with Crippen molar-refractivity contribution in [3.63, 3.8) is 0 Å². The highest BCUT2D eigenvalue weighted by molar-refractivity contribution is 5.92. The molecule has 1 N–H and O–H groups in total. The number of nitrogens with zero attached hydrogens (tertiary/aromatic N) is 3. The molecule has 0 radical (unpaired) electrons. The van der Waals surface area contributed by atoms with Gasteiger partial charge in [0.2, 0.25) is 11.8 Å². The fourth-order valence-corrected chi connectivity index (χ4v) is 3.18. The first kappa shape index (κ1) is 18.8. The second kappa shape index (κ2) is 9.07. The van der Waals surface area contributed by atoms with Gasteiger partial charge in [-0.2, -0.15) is 0 Å². The van der Waals surface area contributed by atoms with Gasteiger partial charge >= 0.3 is 0 Å². The number of amides is 2. The van der Waals surface area contributed by atoms with E-state index in [1.807, 2.05) is 9.80 Å². The van der Waals surface area contributed by atoms with E-state index in [1.165, 1.54) is 12.1 Å². The number of halogens is 1. The lowest BCUT2D eigenvalue weighted by Crippen LogP contribution is -2.52. The van der Waals surface area contributed by atoms with Crippen LogP contribution in [0.3, 0.4) is 0 Å². The molecule has 0 unspecified atom stereocenters. The van der Waals surface area contributed by atoms with E-state index in [-0.39, 0.29) is 24.2 Å². The van der Waals surface area contributed by atoms with E-state index in [4.69, 9.17) is 4.74 Å². The molecule has 26 heavy (non-hydrogen) atoms. The molecule has 3 rings (SSSR count). The van der Waals surface area contributed by atoms with Gasteiger partial charge in [-0.1, -0.05) is 6.07 Å². The molecule has 7 nitrogen and oxygen atoms in total. The summed E-state index contributed by atoms with van der Waals surface area (Å²) in [5.41, 5.74) is 0.463. The number of carbonyl (C=O) groups is 2. The SMILES string of the molecule is O=C(CN1CCN(CC(=O)N2CCOCC2)CC1)Nc1cccc(F)c1. The molecule has 0 saturated carbocycles. The van der Waals surface area contributed by atoms with Crippen molar-refractivity contribution >= 4 is 17.5 Å². The van der Waals surface area contributed by atoms with E-state index in [1.54, 1.807) is 12.1 Å². The van der Waals surface area contributed by atoms with Crippen LogP contribution >= 0.6 is 0 Å². The molecular weight excluding hydrogens is 339 g/mol. The predicted octanol–water partition coefficient (Wildman–Crippen LogP) is 0.241. The van der Waals surface area contributed by atoms with Crippen LogP contribution in [0.2, 0.25) is 0 Å². The van der Waals surface area contributed by atoms with Crippen molar-refractivity contribution in [1.82, 2.24) is 14.7 Å². The highest BCUT2D eigenvalue weighted by atomic mass is 19.1. The van der Waals surface area contributed by atoms with Crippen LogP contribution < -0.4 is 5.32 Å². The zero-order valence-electron chi connectivity index (χ0n) is 14.8. The zero-order chi connectivity index (χ0) is 18.4. The van der Waals surface area contributed by atoms with Gasteiger partial charge in [0.05, 0.1) is 26.3 Å². The number of morpholine rings is 1. The second-order valence-corrected chi connectivity index (χ2v) is 6.60. The number of nitrogens with one attached hydrogen (secondary N) is 1. The van der Waals surface area contributed by atoms with Gasteiger partial charge in [0, 0.05) is 45.0 Å².